The Morgan fingerprint density at radius 2 is 0.870 bits per heavy atom. The molecule has 0 atom stereocenters. The minimum atomic E-state index is 0.672. The van der Waals surface area contributed by atoms with Gasteiger partial charge in [-0.3, -0.25) is 0 Å². The molecule has 2 heterocycles. The molecule has 9 aromatic rings. The van der Waals surface area contributed by atoms with Gasteiger partial charge >= 0.3 is 0 Å². The third kappa shape index (κ3) is 4.19. The molecular formula is C43H25NS2. The maximum atomic E-state index is 10.2. The Morgan fingerprint density at radius 1 is 0.391 bits per heavy atom. The molecular weight excluding hydrogens is 595 g/mol. The topological polar surface area (TPSA) is 23.8 Å². The van der Waals surface area contributed by atoms with Gasteiger partial charge in [0.05, 0.1) is 11.6 Å². The third-order valence-electron chi connectivity index (χ3n) is 8.94. The summed E-state index contributed by atoms with van der Waals surface area (Å²) in [6.45, 7) is 0. The average Bonchev–Trinajstić information content (AvgIpc) is 3.70. The van der Waals surface area contributed by atoms with Gasteiger partial charge in [-0.15, -0.1) is 22.7 Å². The summed E-state index contributed by atoms with van der Waals surface area (Å²) >= 11 is 3.68. The highest BCUT2D eigenvalue weighted by Gasteiger charge is 2.22. The fourth-order valence-corrected chi connectivity index (χ4v) is 9.23. The zero-order valence-corrected chi connectivity index (χ0v) is 26.3. The molecule has 0 fully saturated rings. The van der Waals surface area contributed by atoms with E-state index in [0.29, 0.717) is 5.56 Å². The smallest absolute Gasteiger partial charge is 0.0998 e. The summed E-state index contributed by atoms with van der Waals surface area (Å²) in [4.78, 5) is 0. The number of rotatable bonds is 4. The van der Waals surface area contributed by atoms with Crippen LogP contribution >= 0.6 is 22.7 Å². The fourth-order valence-electron chi connectivity index (χ4n) is 6.97. The minimum absolute atomic E-state index is 0.672. The first-order valence-electron chi connectivity index (χ1n) is 15.3. The van der Waals surface area contributed by atoms with E-state index < -0.39 is 0 Å². The van der Waals surface area contributed by atoms with Crippen molar-refractivity contribution >= 4 is 63.0 Å². The van der Waals surface area contributed by atoms with Crippen molar-refractivity contribution in [2.75, 3.05) is 0 Å². The molecule has 1 nitrogen and oxygen atoms in total. The summed E-state index contributed by atoms with van der Waals surface area (Å²) in [5.41, 5.74) is 9.75. The molecule has 0 saturated carbocycles. The van der Waals surface area contributed by atoms with Gasteiger partial charge in [-0.1, -0.05) is 109 Å². The number of benzene rings is 7. The predicted octanol–water partition coefficient (Wildman–Crippen LogP) is 13.0. The van der Waals surface area contributed by atoms with Gasteiger partial charge in [0, 0.05) is 40.3 Å². The molecule has 9 rings (SSSR count). The molecule has 0 spiro atoms. The molecule has 0 radical (unpaired) electrons. The fraction of sp³-hybridized carbons (Fsp3) is 0. The summed E-state index contributed by atoms with van der Waals surface area (Å²) in [6.07, 6.45) is 0. The van der Waals surface area contributed by atoms with Crippen molar-refractivity contribution in [3.05, 3.63) is 157 Å². The lowest BCUT2D eigenvalue weighted by Crippen LogP contribution is -1.95. The Bertz CT molecular complexity index is 2520. The van der Waals surface area contributed by atoms with Crippen molar-refractivity contribution in [1.29, 1.82) is 5.26 Å². The third-order valence-corrected chi connectivity index (χ3v) is 11.2. The second-order valence-corrected chi connectivity index (χ2v) is 13.7. The molecule has 214 valence electrons. The van der Waals surface area contributed by atoms with Crippen LogP contribution in [-0.4, -0.2) is 0 Å². The van der Waals surface area contributed by atoms with E-state index in [1.165, 1.54) is 62.6 Å². The monoisotopic (exact) mass is 619 g/mol. The first kappa shape index (κ1) is 26.8. The summed E-state index contributed by atoms with van der Waals surface area (Å²) in [6, 6.07) is 56.7. The zero-order valence-electron chi connectivity index (χ0n) is 24.7. The number of hydrogen-bond donors (Lipinski definition) is 0. The van der Waals surface area contributed by atoms with Gasteiger partial charge in [0.25, 0.3) is 0 Å². The van der Waals surface area contributed by atoms with Gasteiger partial charge in [-0.2, -0.15) is 5.26 Å². The molecule has 0 aliphatic rings. The van der Waals surface area contributed by atoms with E-state index in [-0.39, 0.29) is 0 Å². The van der Waals surface area contributed by atoms with Crippen LogP contribution in [0.1, 0.15) is 5.56 Å². The van der Waals surface area contributed by atoms with Crippen LogP contribution in [0.3, 0.4) is 0 Å². The molecule has 0 aliphatic carbocycles. The van der Waals surface area contributed by atoms with Gasteiger partial charge in [0.15, 0.2) is 0 Å². The number of nitrogens with zero attached hydrogens (tertiary/aromatic N) is 1. The Kier molecular flexibility index (Phi) is 6.31. The lowest BCUT2D eigenvalue weighted by atomic mass is 9.82. The lowest BCUT2D eigenvalue weighted by Gasteiger charge is -2.21. The van der Waals surface area contributed by atoms with Gasteiger partial charge in [0.1, 0.15) is 0 Å². The van der Waals surface area contributed by atoms with E-state index in [0.717, 1.165) is 22.3 Å². The number of fused-ring (bicyclic) bond motifs is 6. The largest absolute Gasteiger partial charge is 0.192 e. The second kappa shape index (κ2) is 10.8. The SMILES string of the molecule is N#Cc1ccccc1-c1cc(-c2cccc3sc4ccccc4c23)c(-c2ccccc2)c(-c2cccc3sc4ccccc4c23)c1. The standard InChI is InChI=1S/C43H25NS2/c44-26-28-14-4-5-15-30(28)29-24-35(31-18-10-22-39-42(31)33-16-6-8-20-37(33)45-39)41(27-12-2-1-3-13-27)36(25-29)32-19-11-23-40-43(32)34-17-7-9-21-38(34)46-40/h1-25H. The summed E-state index contributed by atoms with van der Waals surface area (Å²) in [5, 5.41) is 15.3. The molecule has 2 aromatic heterocycles. The van der Waals surface area contributed by atoms with E-state index in [1.54, 1.807) is 0 Å². The zero-order chi connectivity index (χ0) is 30.6. The van der Waals surface area contributed by atoms with Crippen molar-refractivity contribution in [3.8, 4) is 50.6 Å². The van der Waals surface area contributed by atoms with E-state index in [4.69, 9.17) is 0 Å². The van der Waals surface area contributed by atoms with Crippen molar-refractivity contribution in [2.45, 2.75) is 0 Å². The van der Waals surface area contributed by atoms with Crippen LogP contribution in [0.25, 0.3) is 84.9 Å². The normalized spacial score (nSPS) is 11.5. The predicted molar refractivity (Wildman–Crippen MR) is 199 cm³/mol. The van der Waals surface area contributed by atoms with Crippen LogP contribution in [0.2, 0.25) is 0 Å². The molecule has 3 heteroatoms. The van der Waals surface area contributed by atoms with Gasteiger partial charge in [-0.05, 0) is 87.0 Å². The van der Waals surface area contributed by atoms with Gasteiger partial charge in [-0.25, -0.2) is 0 Å². The molecule has 46 heavy (non-hydrogen) atoms. The Labute approximate surface area is 274 Å². The number of hydrogen-bond acceptors (Lipinski definition) is 3. The minimum Gasteiger partial charge on any atom is -0.192 e. The van der Waals surface area contributed by atoms with Crippen LogP contribution in [0, 0.1) is 11.3 Å². The van der Waals surface area contributed by atoms with E-state index >= 15 is 0 Å². The van der Waals surface area contributed by atoms with Crippen molar-refractivity contribution < 1.29 is 0 Å². The highest BCUT2D eigenvalue weighted by molar-refractivity contribution is 7.26. The van der Waals surface area contributed by atoms with Crippen LogP contribution in [0.5, 0.6) is 0 Å². The molecule has 0 bridgehead atoms. The van der Waals surface area contributed by atoms with E-state index in [1.807, 2.05) is 40.9 Å². The summed E-state index contributed by atoms with van der Waals surface area (Å²) < 4.78 is 5.11. The van der Waals surface area contributed by atoms with Crippen LogP contribution in [0.4, 0.5) is 0 Å². The van der Waals surface area contributed by atoms with Crippen molar-refractivity contribution in [3.63, 3.8) is 0 Å². The number of thiophene rings is 2. The Balaban J connectivity index is 1.49. The van der Waals surface area contributed by atoms with E-state index in [2.05, 4.69) is 140 Å². The lowest BCUT2D eigenvalue weighted by molar-refractivity contribution is 1.48. The van der Waals surface area contributed by atoms with E-state index in [9.17, 15) is 5.26 Å². The molecule has 7 aromatic carbocycles. The average molecular weight is 620 g/mol. The molecule has 0 saturated heterocycles. The van der Waals surface area contributed by atoms with Crippen molar-refractivity contribution in [1.82, 2.24) is 0 Å². The summed E-state index contributed by atoms with van der Waals surface area (Å²) in [7, 11) is 0. The molecule has 0 amide bonds. The highest BCUT2D eigenvalue weighted by atomic mass is 32.1. The van der Waals surface area contributed by atoms with Crippen LogP contribution < -0.4 is 0 Å². The molecule has 0 aliphatic heterocycles. The molecule has 0 unspecified atom stereocenters. The number of nitriles is 1. The van der Waals surface area contributed by atoms with Gasteiger partial charge < -0.3 is 0 Å². The highest BCUT2D eigenvalue weighted by Crippen LogP contribution is 2.50. The maximum Gasteiger partial charge on any atom is 0.0998 e. The van der Waals surface area contributed by atoms with Gasteiger partial charge in [0.2, 0.25) is 0 Å². The van der Waals surface area contributed by atoms with Crippen LogP contribution in [-0.2, 0) is 0 Å². The van der Waals surface area contributed by atoms with Crippen molar-refractivity contribution in [2.24, 2.45) is 0 Å². The Morgan fingerprint density at radius 3 is 1.46 bits per heavy atom. The molecule has 0 N–H and O–H groups in total. The van der Waals surface area contributed by atoms with Crippen LogP contribution in [0.15, 0.2) is 152 Å². The summed E-state index contributed by atoms with van der Waals surface area (Å²) in [5.74, 6) is 0. The quantitative estimate of drug-likeness (QED) is 0.192. The first-order valence-corrected chi connectivity index (χ1v) is 17.0. The Hall–Kier alpha value is -5.53. The first-order chi connectivity index (χ1) is 22.8. The maximum absolute atomic E-state index is 10.2. The second-order valence-electron chi connectivity index (χ2n) is 11.5.